The molecule has 0 spiro atoms. The van der Waals surface area contributed by atoms with Gasteiger partial charge in [0.2, 0.25) is 5.91 Å². The summed E-state index contributed by atoms with van der Waals surface area (Å²) in [5, 5.41) is 12.8. The number of nitrogens with one attached hydrogen (secondary N) is 1. The molecule has 0 radical (unpaired) electrons. The van der Waals surface area contributed by atoms with E-state index in [1.54, 1.807) is 35.2 Å². The second-order valence-electron chi connectivity index (χ2n) is 7.31. The lowest BCUT2D eigenvalue weighted by Crippen LogP contribution is -2.40. The molecule has 4 rings (SSSR count). The molecule has 0 unspecified atom stereocenters. The van der Waals surface area contributed by atoms with E-state index in [4.69, 9.17) is 16.3 Å². The van der Waals surface area contributed by atoms with Gasteiger partial charge < -0.3 is 15.0 Å². The zero-order valence-corrected chi connectivity index (χ0v) is 17.9. The zero-order chi connectivity index (χ0) is 22.5. The number of hydrogen-bond acceptors (Lipinski definition) is 4. The largest absolute Gasteiger partial charge is 0.482 e. The molecule has 0 fully saturated rings. The minimum Gasteiger partial charge on any atom is -0.482 e. The standard InChI is InChI=1S/C25H20ClN3O3/c26-21-14-18(10-11-19(21)20(15-27)17-6-2-1-3-7-17)28-24(30)12-13-29-22-8-4-5-9-23(22)32-16-25(29)31/h1-11,14,20H,12-13,16H2,(H,28,30)/t20-/m1/s1. The number of ether oxygens (including phenoxy) is 1. The number of nitriles is 1. The third-order valence-electron chi connectivity index (χ3n) is 5.23. The Balaban J connectivity index is 1.42. The number of benzene rings is 3. The highest BCUT2D eigenvalue weighted by molar-refractivity contribution is 6.31. The Morgan fingerprint density at radius 2 is 1.88 bits per heavy atom. The van der Waals surface area contributed by atoms with Crippen molar-refractivity contribution in [2.45, 2.75) is 12.3 Å². The van der Waals surface area contributed by atoms with Crippen molar-refractivity contribution in [3.8, 4) is 11.8 Å². The Hall–Kier alpha value is -3.82. The zero-order valence-electron chi connectivity index (χ0n) is 17.1. The van der Waals surface area contributed by atoms with Crippen molar-refractivity contribution in [3.63, 3.8) is 0 Å². The van der Waals surface area contributed by atoms with Crippen LogP contribution in [-0.2, 0) is 9.59 Å². The third kappa shape index (κ3) is 4.58. The lowest BCUT2D eigenvalue weighted by atomic mass is 9.92. The molecular weight excluding hydrogens is 426 g/mol. The van der Waals surface area contributed by atoms with E-state index < -0.39 is 5.92 Å². The number of carbonyl (C=O) groups excluding carboxylic acids is 2. The summed E-state index contributed by atoms with van der Waals surface area (Å²) in [5.41, 5.74) is 2.72. The van der Waals surface area contributed by atoms with Gasteiger partial charge >= 0.3 is 0 Å². The van der Waals surface area contributed by atoms with Crippen molar-refractivity contribution in [1.82, 2.24) is 0 Å². The number of fused-ring (bicyclic) bond motifs is 1. The first-order valence-electron chi connectivity index (χ1n) is 10.1. The molecule has 160 valence electrons. The van der Waals surface area contributed by atoms with Crippen LogP contribution in [0.1, 0.15) is 23.5 Å². The minimum absolute atomic E-state index is 0.0445. The Morgan fingerprint density at radius 1 is 1.12 bits per heavy atom. The summed E-state index contributed by atoms with van der Waals surface area (Å²) in [7, 11) is 0. The first-order valence-corrected chi connectivity index (χ1v) is 10.5. The number of hydrogen-bond donors (Lipinski definition) is 1. The fourth-order valence-electron chi connectivity index (χ4n) is 3.64. The number of nitrogens with zero attached hydrogens (tertiary/aromatic N) is 2. The highest BCUT2D eigenvalue weighted by atomic mass is 35.5. The number of halogens is 1. The molecule has 1 N–H and O–H groups in total. The summed E-state index contributed by atoms with van der Waals surface area (Å²) in [5.74, 6) is -0.306. The first-order chi connectivity index (χ1) is 15.6. The van der Waals surface area contributed by atoms with Gasteiger partial charge in [-0.25, -0.2) is 0 Å². The van der Waals surface area contributed by atoms with Gasteiger partial charge in [-0.1, -0.05) is 60.1 Å². The summed E-state index contributed by atoms with van der Waals surface area (Å²) in [6.45, 7) is 0.193. The van der Waals surface area contributed by atoms with Crippen molar-refractivity contribution in [2.24, 2.45) is 0 Å². The Morgan fingerprint density at radius 3 is 2.62 bits per heavy atom. The van der Waals surface area contributed by atoms with E-state index in [0.29, 0.717) is 27.7 Å². The molecule has 7 heteroatoms. The molecule has 0 aromatic heterocycles. The molecule has 0 aliphatic carbocycles. The van der Waals surface area contributed by atoms with Gasteiger partial charge in [-0.05, 0) is 35.4 Å². The smallest absolute Gasteiger partial charge is 0.265 e. The van der Waals surface area contributed by atoms with Crippen LogP contribution in [0.3, 0.4) is 0 Å². The van der Waals surface area contributed by atoms with Crippen molar-refractivity contribution in [3.05, 3.63) is 88.9 Å². The summed E-state index contributed by atoms with van der Waals surface area (Å²) in [4.78, 5) is 26.3. The molecule has 2 amide bonds. The molecule has 0 saturated heterocycles. The number of amides is 2. The highest BCUT2D eigenvalue weighted by Gasteiger charge is 2.25. The van der Waals surface area contributed by atoms with E-state index in [-0.39, 0.29) is 31.4 Å². The SMILES string of the molecule is N#C[C@H](c1ccccc1)c1ccc(NC(=O)CCN2C(=O)COc3ccccc32)cc1Cl. The quantitative estimate of drug-likeness (QED) is 0.593. The summed E-state index contributed by atoms with van der Waals surface area (Å²) in [6, 6.07) is 24.0. The fourth-order valence-corrected chi connectivity index (χ4v) is 3.93. The van der Waals surface area contributed by atoms with Gasteiger partial charge in [-0.3, -0.25) is 9.59 Å². The van der Waals surface area contributed by atoms with E-state index in [1.807, 2.05) is 42.5 Å². The molecule has 1 atom stereocenters. The van der Waals surface area contributed by atoms with Crippen LogP contribution in [0.25, 0.3) is 0 Å². The Labute approximate surface area is 191 Å². The average Bonchev–Trinajstić information content (AvgIpc) is 2.81. The monoisotopic (exact) mass is 445 g/mol. The number of anilines is 2. The van der Waals surface area contributed by atoms with Crippen LogP contribution in [0, 0.1) is 11.3 Å². The predicted octanol–water partition coefficient (Wildman–Crippen LogP) is 4.75. The maximum Gasteiger partial charge on any atom is 0.265 e. The maximum absolute atomic E-state index is 12.5. The maximum atomic E-state index is 12.5. The van der Waals surface area contributed by atoms with Gasteiger partial charge in [0.15, 0.2) is 6.61 Å². The molecular formula is C25H20ClN3O3. The van der Waals surface area contributed by atoms with E-state index in [1.165, 1.54) is 0 Å². The van der Waals surface area contributed by atoms with Crippen molar-refractivity contribution in [1.29, 1.82) is 5.26 Å². The van der Waals surface area contributed by atoms with Gasteiger partial charge in [-0.2, -0.15) is 5.26 Å². The van der Waals surface area contributed by atoms with Gasteiger partial charge in [0.1, 0.15) is 5.75 Å². The van der Waals surface area contributed by atoms with E-state index in [9.17, 15) is 14.9 Å². The third-order valence-corrected chi connectivity index (χ3v) is 5.56. The Bertz CT molecular complexity index is 1190. The van der Waals surface area contributed by atoms with Crippen LogP contribution in [0.5, 0.6) is 5.75 Å². The first kappa shape index (κ1) is 21.4. The number of carbonyl (C=O) groups is 2. The van der Waals surface area contributed by atoms with Crippen molar-refractivity contribution < 1.29 is 14.3 Å². The van der Waals surface area contributed by atoms with Crippen molar-refractivity contribution in [2.75, 3.05) is 23.4 Å². The summed E-state index contributed by atoms with van der Waals surface area (Å²) < 4.78 is 5.42. The number of para-hydroxylation sites is 2. The fraction of sp³-hybridized carbons (Fsp3) is 0.160. The number of rotatable bonds is 6. The van der Waals surface area contributed by atoms with E-state index in [2.05, 4.69) is 11.4 Å². The lowest BCUT2D eigenvalue weighted by Gasteiger charge is -2.29. The van der Waals surface area contributed by atoms with Gasteiger partial charge in [0.05, 0.1) is 17.7 Å². The van der Waals surface area contributed by atoms with Gasteiger partial charge in [-0.15, -0.1) is 0 Å². The normalized spacial score (nSPS) is 13.5. The summed E-state index contributed by atoms with van der Waals surface area (Å²) >= 11 is 6.44. The molecule has 6 nitrogen and oxygen atoms in total. The molecule has 32 heavy (non-hydrogen) atoms. The lowest BCUT2D eigenvalue weighted by molar-refractivity contribution is -0.121. The molecule has 3 aromatic rings. The molecule has 0 saturated carbocycles. The van der Waals surface area contributed by atoms with Crippen molar-refractivity contribution >= 4 is 34.8 Å². The Kier molecular flexibility index (Phi) is 6.39. The second-order valence-corrected chi connectivity index (χ2v) is 7.72. The minimum atomic E-state index is -0.499. The molecule has 1 aliphatic rings. The van der Waals surface area contributed by atoms with E-state index >= 15 is 0 Å². The second kappa shape index (κ2) is 9.54. The van der Waals surface area contributed by atoms with Crippen LogP contribution in [0.15, 0.2) is 72.8 Å². The molecule has 3 aromatic carbocycles. The summed E-state index contributed by atoms with van der Waals surface area (Å²) in [6.07, 6.45) is 0.115. The van der Waals surface area contributed by atoms with Crippen LogP contribution in [0.2, 0.25) is 5.02 Å². The highest BCUT2D eigenvalue weighted by Crippen LogP contribution is 2.33. The molecule has 0 bridgehead atoms. The van der Waals surface area contributed by atoms with E-state index in [0.717, 1.165) is 5.56 Å². The topological polar surface area (TPSA) is 82.4 Å². The van der Waals surface area contributed by atoms with Gasteiger partial charge in [0, 0.05) is 23.7 Å². The average molecular weight is 446 g/mol. The van der Waals surface area contributed by atoms with Crippen LogP contribution >= 0.6 is 11.6 Å². The van der Waals surface area contributed by atoms with Crippen LogP contribution < -0.4 is 15.0 Å². The van der Waals surface area contributed by atoms with Crippen LogP contribution in [0.4, 0.5) is 11.4 Å². The molecule has 1 aliphatic heterocycles. The predicted molar refractivity (Wildman–Crippen MR) is 123 cm³/mol. The van der Waals surface area contributed by atoms with Gasteiger partial charge in [0.25, 0.3) is 5.91 Å². The van der Waals surface area contributed by atoms with Crippen LogP contribution in [-0.4, -0.2) is 25.0 Å². The molecule has 1 heterocycles.